The minimum absolute atomic E-state index is 0.304. The van der Waals surface area contributed by atoms with Crippen LogP contribution in [0.15, 0.2) is 18.2 Å². The molecule has 0 fully saturated rings. The van der Waals surface area contributed by atoms with E-state index < -0.39 is 6.43 Å². The third-order valence-corrected chi connectivity index (χ3v) is 2.96. The smallest absolute Gasteiger partial charge is 0.251 e. The second-order valence-corrected chi connectivity index (χ2v) is 4.77. The maximum absolute atomic E-state index is 12.3. The molecule has 0 atom stereocenters. The lowest BCUT2D eigenvalue weighted by molar-refractivity contribution is 0.0878. The van der Waals surface area contributed by atoms with Gasteiger partial charge < -0.3 is 0 Å². The summed E-state index contributed by atoms with van der Waals surface area (Å²) in [6.07, 6.45) is -2.38. The number of nitrogens with zero attached hydrogens (tertiary/aromatic N) is 1. The number of hydrogen-bond acceptors (Lipinski definition) is 1. The summed E-state index contributed by atoms with van der Waals surface area (Å²) in [6, 6.07) is 5.01. The summed E-state index contributed by atoms with van der Waals surface area (Å²) in [5.41, 5.74) is 0.766. The van der Waals surface area contributed by atoms with Crippen molar-refractivity contribution < 1.29 is 8.78 Å². The molecule has 1 rings (SSSR count). The largest absolute Gasteiger partial charge is 0.292 e. The Morgan fingerprint density at radius 3 is 2.47 bits per heavy atom. The summed E-state index contributed by atoms with van der Waals surface area (Å²) in [6.45, 7) is 0.420. The first-order chi connectivity index (χ1) is 8.02. The molecule has 1 aromatic carbocycles. The second-order valence-electron chi connectivity index (χ2n) is 3.55. The van der Waals surface area contributed by atoms with E-state index in [1.165, 1.54) is 0 Å². The Morgan fingerprint density at radius 2 is 1.94 bits per heavy atom. The normalized spacial score (nSPS) is 11.5. The molecule has 0 radical (unpaired) electrons. The Hall–Kier alpha value is -0.0900. The Kier molecular flexibility index (Phi) is 6.49. The molecular formula is C11H12Cl3F2N. The van der Waals surface area contributed by atoms with Crippen LogP contribution in [0.4, 0.5) is 8.78 Å². The molecule has 0 bridgehead atoms. The van der Waals surface area contributed by atoms with Crippen molar-refractivity contribution in [1.29, 1.82) is 0 Å². The van der Waals surface area contributed by atoms with Gasteiger partial charge in [0.05, 0.1) is 6.54 Å². The fourth-order valence-electron chi connectivity index (χ4n) is 1.44. The molecule has 0 saturated carbocycles. The van der Waals surface area contributed by atoms with Crippen LogP contribution in [0.2, 0.25) is 10.0 Å². The highest BCUT2D eigenvalue weighted by Crippen LogP contribution is 2.22. The van der Waals surface area contributed by atoms with E-state index in [0.29, 0.717) is 29.0 Å². The Morgan fingerprint density at radius 1 is 1.24 bits per heavy atom. The van der Waals surface area contributed by atoms with Crippen LogP contribution in [-0.2, 0) is 6.54 Å². The van der Waals surface area contributed by atoms with Gasteiger partial charge in [0, 0.05) is 29.0 Å². The van der Waals surface area contributed by atoms with Crippen LogP contribution >= 0.6 is 34.8 Å². The van der Waals surface area contributed by atoms with Gasteiger partial charge in [-0.25, -0.2) is 8.78 Å². The monoisotopic (exact) mass is 301 g/mol. The molecule has 0 aliphatic heterocycles. The van der Waals surface area contributed by atoms with E-state index in [1.54, 1.807) is 23.1 Å². The molecule has 0 spiro atoms. The molecule has 0 amide bonds. The van der Waals surface area contributed by atoms with Crippen LogP contribution in [0.25, 0.3) is 0 Å². The zero-order valence-corrected chi connectivity index (χ0v) is 11.2. The van der Waals surface area contributed by atoms with Crippen molar-refractivity contribution in [3.05, 3.63) is 33.8 Å². The maximum Gasteiger partial charge on any atom is 0.251 e. The Bertz CT molecular complexity index is 361. The van der Waals surface area contributed by atoms with Gasteiger partial charge in [0.2, 0.25) is 0 Å². The Balaban J connectivity index is 2.71. The fraction of sp³-hybridized carbons (Fsp3) is 0.455. The van der Waals surface area contributed by atoms with Crippen molar-refractivity contribution >= 4 is 34.8 Å². The number of hydrogen-bond donors (Lipinski definition) is 0. The summed E-state index contributed by atoms with van der Waals surface area (Å²) in [5, 5.41) is 1.00. The summed E-state index contributed by atoms with van der Waals surface area (Å²) in [5.74, 6) is 0.304. The number of rotatable bonds is 6. The van der Waals surface area contributed by atoms with Crippen molar-refractivity contribution in [2.45, 2.75) is 13.0 Å². The predicted octanol–water partition coefficient (Wildman–Crippen LogP) is 4.30. The van der Waals surface area contributed by atoms with Crippen molar-refractivity contribution in [3.8, 4) is 0 Å². The third kappa shape index (κ3) is 5.38. The molecule has 0 aromatic heterocycles. The molecule has 0 heterocycles. The summed E-state index contributed by atoms with van der Waals surface area (Å²) < 4.78 is 24.7. The molecule has 1 nitrogen and oxygen atoms in total. The number of benzene rings is 1. The van der Waals surface area contributed by atoms with Crippen LogP contribution in [-0.4, -0.2) is 30.3 Å². The lowest BCUT2D eigenvalue weighted by atomic mass is 10.2. The van der Waals surface area contributed by atoms with Gasteiger partial charge in [-0.1, -0.05) is 29.3 Å². The van der Waals surface area contributed by atoms with Gasteiger partial charge in [-0.2, -0.15) is 0 Å². The summed E-state index contributed by atoms with van der Waals surface area (Å²) in [7, 11) is 0. The molecular weight excluding hydrogens is 290 g/mol. The van der Waals surface area contributed by atoms with E-state index in [4.69, 9.17) is 34.8 Å². The van der Waals surface area contributed by atoms with Gasteiger partial charge in [-0.05, 0) is 17.7 Å². The van der Waals surface area contributed by atoms with Gasteiger partial charge in [-0.3, -0.25) is 4.90 Å². The van der Waals surface area contributed by atoms with E-state index in [2.05, 4.69) is 0 Å². The average Bonchev–Trinajstić information content (AvgIpc) is 2.21. The van der Waals surface area contributed by atoms with E-state index >= 15 is 0 Å². The molecule has 0 unspecified atom stereocenters. The highest BCUT2D eigenvalue weighted by atomic mass is 35.5. The van der Waals surface area contributed by atoms with Crippen molar-refractivity contribution in [2.75, 3.05) is 19.0 Å². The molecule has 6 heteroatoms. The SMILES string of the molecule is FC(F)CN(CCCl)Cc1ccc(Cl)cc1Cl. The highest BCUT2D eigenvalue weighted by molar-refractivity contribution is 6.35. The number of alkyl halides is 3. The highest BCUT2D eigenvalue weighted by Gasteiger charge is 2.13. The molecule has 0 N–H and O–H groups in total. The van der Waals surface area contributed by atoms with Gasteiger partial charge in [0.1, 0.15) is 0 Å². The van der Waals surface area contributed by atoms with Gasteiger partial charge in [-0.15, -0.1) is 11.6 Å². The fourth-order valence-corrected chi connectivity index (χ4v) is 2.15. The van der Waals surface area contributed by atoms with Crippen molar-refractivity contribution in [3.63, 3.8) is 0 Å². The van der Waals surface area contributed by atoms with Gasteiger partial charge in [0.25, 0.3) is 6.43 Å². The zero-order valence-electron chi connectivity index (χ0n) is 8.97. The lowest BCUT2D eigenvalue weighted by Crippen LogP contribution is -2.30. The average molecular weight is 303 g/mol. The number of halogens is 5. The van der Waals surface area contributed by atoms with Crippen molar-refractivity contribution in [2.24, 2.45) is 0 Å². The third-order valence-electron chi connectivity index (χ3n) is 2.21. The molecule has 0 aliphatic rings. The molecule has 1 aromatic rings. The van der Waals surface area contributed by atoms with Crippen LogP contribution in [0.1, 0.15) is 5.56 Å². The Labute approximate surface area is 114 Å². The minimum atomic E-state index is -2.38. The van der Waals surface area contributed by atoms with E-state index in [1.807, 2.05) is 0 Å². The van der Waals surface area contributed by atoms with Crippen LogP contribution in [0.5, 0.6) is 0 Å². The quantitative estimate of drug-likeness (QED) is 0.708. The molecule has 0 saturated heterocycles. The summed E-state index contributed by atoms with van der Waals surface area (Å²) in [4.78, 5) is 1.56. The maximum atomic E-state index is 12.3. The lowest BCUT2D eigenvalue weighted by Gasteiger charge is -2.21. The molecule has 96 valence electrons. The topological polar surface area (TPSA) is 3.24 Å². The molecule has 0 aliphatic carbocycles. The van der Waals surface area contributed by atoms with Crippen LogP contribution < -0.4 is 0 Å². The molecule has 17 heavy (non-hydrogen) atoms. The first kappa shape index (κ1) is 15.0. The van der Waals surface area contributed by atoms with E-state index in [9.17, 15) is 8.78 Å². The standard InChI is InChI=1S/C11H12Cl3F2N/c12-3-4-17(7-11(15)16)6-8-1-2-9(13)5-10(8)14/h1-2,5,11H,3-4,6-7H2. The second kappa shape index (κ2) is 7.37. The first-order valence-electron chi connectivity index (χ1n) is 5.03. The van der Waals surface area contributed by atoms with Gasteiger partial charge in [0.15, 0.2) is 0 Å². The first-order valence-corrected chi connectivity index (χ1v) is 6.32. The summed E-state index contributed by atoms with van der Waals surface area (Å²) >= 11 is 17.3. The van der Waals surface area contributed by atoms with Crippen LogP contribution in [0, 0.1) is 0 Å². The minimum Gasteiger partial charge on any atom is -0.292 e. The zero-order chi connectivity index (χ0) is 12.8. The van der Waals surface area contributed by atoms with E-state index in [0.717, 1.165) is 5.56 Å². The predicted molar refractivity (Wildman–Crippen MR) is 68.5 cm³/mol. The van der Waals surface area contributed by atoms with E-state index in [-0.39, 0.29) is 6.54 Å². The van der Waals surface area contributed by atoms with Crippen LogP contribution in [0.3, 0.4) is 0 Å². The van der Waals surface area contributed by atoms with Gasteiger partial charge >= 0.3 is 0 Å². The van der Waals surface area contributed by atoms with Crippen molar-refractivity contribution in [1.82, 2.24) is 4.90 Å².